The fraction of sp³-hybridized carbons (Fsp3) is 0.938. The van der Waals surface area contributed by atoms with Crippen LogP contribution in [0.3, 0.4) is 0 Å². The molecule has 2 rings (SSSR count). The summed E-state index contributed by atoms with van der Waals surface area (Å²) in [6.07, 6.45) is 9.35. The van der Waals surface area contributed by atoms with Gasteiger partial charge in [-0.15, -0.1) is 12.4 Å². The van der Waals surface area contributed by atoms with Gasteiger partial charge in [-0.25, -0.2) is 0 Å². The van der Waals surface area contributed by atoms with Crippen LogP contribution in [0.15, 0.2) is 0 Å². The molecule has 0 radical (unpaired) electrons. The van der Waals surface area contributed by atoms with Crippen LogP contribution < -0.4 is 11.1 Å². The summed E-state index contributed by atoms with van der Waals surface area (Å²) in [5, 5.41) is 3.24. The number of carbonyl (C=O) groups is 1. The maximum Gasteiger partial charge on any atom is 0.223 e. The minimum absolute atomic E-state index is 0. The molecule has 0 heterocycles. The third-order valence-corrected chi connectivity index (χ3v) is 4.99. The van der Waals surface area contributed by atoms with Gasteiger partial charge in [0.15, 0.2) is 0 Å². The fourth-order valence-electron chi connectivity index (χ4n) is 4.12. The Morgan fingerprint density at radius 1 is 1.30 bits per heavy atom. The second-order valence-corrected chi connectivity index (χ2v) is 7.29. The number of amides is 1. The quantitative estimate of drug-likeness (QED) is 0.819. The zero-order valence-electron chi connectivity index (χ0n) is 13.0. The lowest BCUT2D eigenvalue weighted by atomic mass is 9.78. The first-order valence-corrected chi connectivity index (χ1v) is 8.04. The third kappa shape index (κ3) is 4.63. The van der Waals surface area contributed by atoms with Crippen molar-refractivity contribution < 1.29 is 4.79 Å². The molecule has 3 nitrogen and oxygen atoms in total. The van der Waals surface area contributed by atoms with Crippen molar-refractivity contribution in [3.8, 4) is 0 Å². The van der Waals surface area contributed by atoms with Crippen molar-refractivity contribution in [3.05, 3.63) is 0 Å². The first-order valence-electron chi connectivity index (χ1n) is 8.04. The van der Waals surface area contributed by atoms with E-state index in [9.17, 15) is 4.79 Å². The maximum absolute atomic E-state index is 12.2. The molecule has 2 unspecified atom stereocenters. The van der Waals surface area contributed by atoms with Crippen LogP contribution >= 0.6 is 12.4 Å². The Balaban J connectivity index is 0.00000200. The number of rotatable bonds is 5. The molecule has 0 aliphatic heterocycles. The molecule has 2 aliphatic rings. The highest BCUT2D eigenvalue weighted by Crippen LogP contribution is 2.42. The molecule has 20 heavy (non-hydrogen) atoms. The highest BCUT2D eigenvalue weighted by atomic mass is 35.5. The van der Waals surface area contributed by atoms with Crippen LogP contribution in [0.2, 0.25) is 0 Å². The SMILES string of the molecule is CC(C)CC1(CNC(=O)C2CCC(N)C2)CCCC1.Cl. The van der Waals surface area contributed by atoms with Crippen molar-refractivity contribution in [1.82, 2.24) is 5.32 Å². The fourth-order valence-corrected chi connectivity index (χ4v) is 4.12. The largest absolute Gasteiger partial charge is 0.355 e. The predicted octanol–water partition coefficient (Wildman–Crippen LogP) is 3.26. The summed E-state index contributed by atoms with van der Waals surface area (Å²) in [6.45, 7) is 5.46. The zero-order valence-corrected chi connectivity index (χ0v) is 13.8. The zero-order chi connectivity index (χ0) is 13.9. The Morgan fingerprint density at radius 2 is 1.95 bits per heavy atom. The van der Waals surface area contributed by atoms with Crippen molar-refractivity contribution in [2.45, 2.75) is 71.3 Å². The van der Waals surface area contributed by atoms with Gasteiger partial charge in [0.1, 0.15) is 0 Å². The molecule has 2 aliphatic carbocycles. The van der Waals surface area contributed by atoms with Gasteiger partial charge in [0.05, 0.1) is 0 Å². The van der Waals surface area contributed by atoms with E-state index in [0.717, 1.165) is 31.7 Å². The van der Waals surface area contributed by atoms with Crippen molar-refractivity contribution in [3.63, 3.8) is 0 Å². The molecule has 0 saturated heterocycles. The number of hydrogen-bond acceptors (Lipinski definition) is 2. The topological polar surface area (TPSA) is 55.1 Å². The van der Waals surface area contributed by atoms with E-state index in [0.29, 0.717) is 5.41 Å². The number of nitrogens with one attached hydrogen (secondary N) is 1. The van der Waals surface area contributed by atoms with Crippen LogP contribution in [0.4, 0.5) is 0 Å². The minimum atomic E-state index is 0. The van der Waals surface area contributed by atoms with Gasteiger partial charge < -0.3 is 11.1 Å². The Bertz CT molecular complexity index is 314. The Kier molecular flexibility index (Phi) is 6.80. The third-order valence-electron chi connectivity index (χ3n) is 4.99. The van der Waals surface area contributed by atoms with Gasteiger partial charge in [-0.2, -0.15) is 0 Å². The number of halogens is 1. The molecule has 0 aromatic heterocycles. The standard InChI is InChI=1S/C16H30N2O.ClH/c1-12(2)10-16(7-3-4-8-16)11-18-15(19)13-5-6-14(17)9-13;/h12-14H,3-11,17H2,1-2H3,(H,18,19);1H. The van der Waals surface area contributed by atoms with Crippen LogP contribution in [0.1, 0.15) is 65.2 Å². The van der Waals surface area contributed by atoms with E-state index < -0.39 is 0 Å². The van der Waals surface area contributed by atoms with E-state index in [1.54, 1.807) is 0 Å². The van der Waals surface area contributed by atoms with E-state index in [-0.39, 0.29) is 30.3 Å². The van der Waals surface area contributed by atoms with Crippen molar-refractivity contribution in [1.29, 1.82) is 0 Å². The van der Waals surface area contributed by atoms with Gasteiger partial charge in [0, 0.05) is 18.5 Å². The molecule has 2 atom stereocenters. The summed E-state index contributed by atoms with van der Waals surface area (Å²) in [6, 6.07) is 0.242. The number of hydrogen-bond donors (Lipinski definition) is 2. The van der Waals surface area contributed by atoms with Gasteiger partial charge >= 0.3 is 0 Å². The average molecular weight is 303 g/mol. The predicted molar refractivity (Wildman–Crippen MR) is 85.9 cm³/mol. The molecular weight excluding hydrogens is 272 g/mol. The molecule has 2 saturated carbocycles. The molecular formula is C16H31ClN2O. The van der Waals surface area contributed by atoms with E-state index in [1.165, 1.54) is 32.1 Å². The van der Waals surface area contributed by atoms with Crippen LogP contribution in [-0.4, -0.2) is 18.5 Å². The van der Waals surface area contributed by atoms with E-state index in [2.05, 4.69) is 19.2 Å². The van der Waals surface area contributed by atoms with E-state index >= 15 is 0 Å². The lowest BCUT2D eigenvalue weighted by Crippen LogP contribution is -2.39. The summed E-state index contributed by atoms with van der Waals surface area (Å²) in [7, 11) is 0. The van der Waals surface area contributed by atoms with Gasteiger partial charge in [-0.05, 0) is 49.9 Å². The molecule has 1 amide bonds. The Labute approximate surface area is 129 Å². The molecule has 118 valence electrons. The van der Waals surface area contributed by atoms with E-state index in [4.69, 9.17) is 5.73 Å². The molecule has 0 aromatic rings. The monoisotopic (exact) mass is 302 g/mol. The number of carbonyl (C=O) groups excluding carboxylic acids is 1. The van der Waals surface area contributed by atoms with Crippen LogP contribution in [0.25, 0.3) is 0 Å². The number of nitrogens with two attached hydrogens (primary N) is 1. The summed E-state index contributed by atoms with van der Waals surface area (Å²) >= 11 is 0. The normalized spacial score (nSPS) is 28.4. The van der Waals surface area contributed by atoms with Crippen LogP contribution in [0.5, 0.6) is 0 Å². The molecule has 0 spiro atoms. The second kappa shape index (κ2) is 7.65. The summed E-state index contributed by atoms with van der Waals surface area (Å²) < 4.78 is 0. The van der Waals surface area contributed by atoms with Crippen molar-refractivity contribution in [2.75, 3.05) is 6.54 Å². The molecule has 4 heteroatoms. The molecule has 2 fully saturated rings. The first kappa shape index (κ1) is 17.8. The van der Waals surface area contributed by atoms with Gasteiger partial charge in [0.25, 0.3) is 0 Å². The van der Waals surface area contributed by atoms with Crippen molar-refractivity contribution in [2.24, 2.45) is 23.0 Å². The van der Waals surface area contributed by atoms with Gasteiger partial charge in [-0.1, -0.05) is 26.7 Å². The Morgan fingerprint density at radius 3 is 2.45 bits per heavy atom. The molecule has 3 N–H and O–H groups in total. The smallest absolute Gasteiger partial charge is 0.223 e. The molecule has 0 bridgehead atoms. The Hall–Kier alpha value is -0.280. The van der Waals surface area contributed by atoms with Crippen molar-refractivity contribution >= 4 is 18.3 Å². The second-order valence-electron chi connectivity index (χ2n) is 7.29. The van der Waals surface area contributed by atoms with Gasteiger partial charge in [-0.3, -0.25) is 4.79 Å². The highest BCUT2D eigenvalue weighted by molar-refractivity contribution is 5.85. The van der Waals surface area contributed by atoms with E-state index in [1.807, 2.05) is 0 Å². The van der Waals surface area contributed by atoms with Crippen LogP contribution in [-0.2, 0) is 4.79 Å². The maximum atomic E-state index is 12.2. The summed E-state index contributed by atoms with van der Waals surface area (Å²) in [5.74, 6) is 1.14. The average Bonchev–Trinajstić information content (AvgIpc) is 2.95. The van der Waals surface area contributed by atoms with Crippen LogP contribution in [0, 0.1) is 17.3 Å². The highest BCUT2D eigenvalue weighted by Gasteiger charge is 2.36. The summed E-state index contributed by atoms with van der Waals surface area (Å²) in [4.78, 5) is 12.2. The minimum Gasteiger partial charge on any atom is -0.355 e. The first-order chi connectivity index (χ1) is 9.01. The van der Waals surface area contributed by atoms with Gasteiger partial charge in [0.2, 0.25) is 5.91 Å². The molecule has 0 aromatic carbocycles. The summed E-state index contributed by atoms with van der Waals surface area (Å²) in [5.41, 5.74) is 6.27. The lowest BCUT2D eigenvalue weighted by molar-refractivity contribution is -0.125. The lowest BCUT2D eigenvalue weighted by Gasteiger charge is -2.31.